The van der Waals surface area contributed by atoms with Gasteiger partial charge in [0.15, 0.2) is 0 Å². The molecule has 0 amide bonds. The van der Waals surface area contributed by atoms with Gasteiger partial charge in [-0.25, -0.2) is 15.2 Å². The average molecular weight is 276 g/mol. The fourth-order valence-corrected chi connectivity index (χ4v) is 1.63. The van der Waals surface area contributed by atoms with E-state index in [1.807, 2.05) is 13.8 Å². The zero-order valence-corrected chi connectivity index (χ0v) is 11.6. The number of nitrogen functional groups attached to an aromatic ring is 1. The van der Waals surface area contributed by atoms with E-state index in [1.165, 1.54) is 6.07 Å². The van der Waals surface area contributed by atoms with Crippen LogP contribution in [0.25, 0.3) is 0 Å². The van der Waals surface area contributed by atoms with Crippen molar-refractivity contribution >= 4 is 5.82 Å². The molecule has 6 heteroatoms. The van der Waals surface area contributed by atoms with Gasteiger partial charge in [-0.1, -0.05) is 13.8 Å². The number of halogens is 1. The highest BCUT2D eigenvalue weighted by Gasteiger charge is 2.10. The largest absolute Gasteiger partial charge is 0.439 e. The van der Waals surface area contributed by atoms with Crippen LogP contribution in [-0.4, -0.2) is 9.97 Å². The lowest BCUT2D eigenvalue weighted by Crippen LogP contribution is -2.11. The third-order valence-electron chi connectivity index (χ3n) is 2.74. The lowest BCUT2D eigenvalue weighted by molar-refractivity contribution is 0.455. The summed E-state index contributed by atoms with van der Waals surface area (Å²) in [6.45, 7) is 5.62. The number of nitrogens with two attached hydrogens (primary N) is 1. The van der Waals surface area contributed by atoms with Gasteiger partial charge in [-0.2, -0.15) is 4.98 Å². The van der Waals surface area contributed by atoms with Crippen LogP contribution in [0.5, 0.6) is 11.6 Å². The van der Waals surface area contributed by atoms with E-state index in [-0.39, 0.29) is 11.7 Å². The first-order valence-corrected chi connectivity index (χ1v) is 6.29. The van der Waals surface area contributed by atoms with Crippen molar-refractivity contribution < 1.29 is 9.13 Å². The lowest BCUT2D eigenvalue weighted by Gasteiger charge is -2.11. The first-order valence-electron chi connectivity index (χ1n) is 6.29. The van der Waals surface area contributed by atoms with Gasteiger partial charge in [0.25, 0.3) is 0 Å². The summed E-state index contributed by atoms with van der Waals surface area (Å²) in [5.74, 6) is 7.22. The quantitative estimate of drug-likeness (QED) is 0.663. The molecule has 0 aliphatic carbocycles. The number of rotatable bonds is 4. The van der Waals surface area contributed by atoms with Crippen LogP contribution in [0.1, 0.15) is 31.2 Å². The van der Waals surface area contributed by atoms with Crippen molar-refractivity contribution in [3.05, 3.63) is 41.5 Å². The van der Waals surface area contributed by atoms with Crippen LogP contribution in [0.15, 0.2) is 24.3 Å². The van der Waals surface area contributed by atoms with Gasteiger partial charge in [-0.05, 0) is 30.7 Å². The number of hydrazine groups is 1. The van der Waals surface area contributed by atoms with Gasteiger partial charge in [-0.3, -0.25) is 0 Å². The fraction of sp³-hybridized carbons (Fsp3) is 0.286. The topological polar surface area (TPSA) is 73.1 Å². The monoisotopic (exact) mass is 276 g/mol. The summed E-state index contributed by atoms with van der Waals surface area (Å²) in [6.07, 6.45) is 0. The van der Waals surface area contributed by atoms with Crippen LogP contribution < -0.4 is 16.0 Å². The van der Waals surface area contributed by atoms with Gasteiger partial charge in [0, 0.05) is 12.0 Å². The maximum atomic E-state index is 13.2. The molecular formula is C14H17FN4O. The Morgan fingerprint density at radius 3 is 2.60 bits per heavy atom. The molecule has 3 N–H and O–H groups in total. The Hall–Kier alpha value is -2.21. The zero-order valence-electron chi connectivity index (χ0n) is 11.6. The third-order valence-corrected chi connectivity index (χ3v) is 2.74. The molecule has 0 unspecified atom stereocenters. The Morgan fingerprint density at radius 2 is 2.00 bits per heavy atom. The smallest absolute Gasteiger partial charge is 0.224 e. The van der Waals surface area contributed by atoms with Crippen LogP contribution in [0.3, 0.4) is 0 Å². The number of anilines is 1. The maximum absolute atomic E-state index is 13.2. The number of aryl methyl sites for hydroxylation is 1. The molecule has 106 valence electrons. The molecule has 20 heavy (non-hydrogen) atoms. The number of benzene rings is 1. The van der Waals surface area contributed by atoms with Crippen LogP contribution in [-0.2, 0) is 0 Å². The highest BCUT2D eigenvalue weighted by Crippen LogP contribution is 2.25. The first kappa shape index (κ1) is 14.2. The van der Waals surface area contributed by atoms with Crippen molar-refractivity contribution in [2.45, 2.75) is 26.7 Å². The number of nitrogens with one attached hydrogen (secondary N) is 1. The normalized spacial score (nSPS) is 10.7. The Kier molecular flexibility index (Phi) is 4.14. The van der Waals surface area contributed by atoms with E-state index in [1.54, 1.807) is 25.1 Å². The summed E-state index contributed by atoms with van der Waals surface area (Å²) in [7, 11) is 0. The maximum Gasteiger partial charge on any atom is 0.224 e. The Labute approximate surface area is 117 Å². The molecule has 0 radical (unpaired) electrons. The molecule has 0 fully saturated rings. The van der Waals surface area contributed by atoms with Crippen LogP contribution in [0, 0.1) is 12.7 Å². The van der Waals surface area contributed by atoms with E-state index < -0.39 is 0 Å². The van der Waals surface area contributed by atoms with Gasteiger partial charge in [0.1, 0.15) is 23.2 Å². The Balaban J connectivity index is 2.32. The number of hydrogen-bond acceptors (Lipinski definition) is 5. The van der Waals surface area contributed by atoms with E-state index in [9.17, 15) is 4.39 Å². The predicted octanol–water partition coefficient (Wildman–Crippen LogP) is 3.13. The molecule has 2 aromatic rings. The van der Waals surface area contributed by atoms with Crippen LogP contribution >= 0.6 is 0 Å². The lowest BCUT2D eigenvalue weighted by atomic mass is 10.2. The SMILES string of the molecule is Cc1cc(Oc2cc(NN)nc(C(C)C)n2)ccc1F. The predicted molar refractivity (Wildman–Crippen MR) is 75.1 cm³/mol. The molecule has 2 rings (SSSR count). The minimum Gasteiger partial charge on any atom is -0.439 e. The third kappa shape index (κ3) is 3.21. The van der Waals surface area contributed by atoms with Gasteiger partial charge in [0.05, 0.1) is 0 Å². The first-order chi connectivity index (χ1) is 9.49. The van der Waals surface area contributed by atoms with Crippen LogP contribution in [0.2, 0.25) is 0 Å². The molecular weight excluding hydrogens is 259 g/mol. The second kappa shape index (κ2) is 5.83. The summed E-state index contributed by atoms with van der Waals surface area (Å²) >= 11 is 0. The molecule has 1 heterocycles. The summed E-state index contributed by atoms with van der Waals surface area (Å²) in [5.41, 5.74) is 2.99. The number of aromatic nitrogens is 2. The molecule has 1 aromatic heterocycles. The molecule has 5 nitrogen and oxygen atoms in total. The van der Waals surface area contributed by atoms with E-state index in [4.69, 9.17) is 10.6 Å². The van der Waals surface area contributed by atoms with Gasteiger partial charge in [0.2, 0.25) is 5.88 Å². The molecule has 0 saturated carbocycles. The minimum atomic E-state index is -0.271. The second-order valence-electron chi connectivity index (χ2n) is 4.76. The molecule has 0 aliphatic rings. The summed E-state index contributed by atoms with van der Waals surface area (Å²) in [4.78, 5) is 8.54. The van der Waals surface area contributed by atoms with Crippen LogP contribution in [0.4, 0.5) is 10.2 Å². The summed E-state index contributed by atoms with van der Waals surface area (Å²) in [5, 5.41) is 0. The molecule has 0 atom stereocenters. The molecule has 0 aliphatic heterocycles. The van der Waals surface area contributed by atoms with Crippen molar-refractivity contribution in [2.75, 3.05) is 5.43 Å². The van der Waals surface area contributed by atoms with E-state index in [0.717, 1.165) is 0 Å². The van der Waals surface area contributed by atoms with Gasteiger partial charge >= 0.3 is 0 Å². The van der Waals surface area contributed by atoms with E-state index in [2.05, 4.69) is 15.4 Å². The standard InChI is InChI=1S/C14H17FN4O/c1-8(2)14-17-12(19-16)7-13(18-14)20-10-4-5-11(15)9(3)6-10/h4-8H,16H2,1-3H3,(H,17,18,19). The fourth-order valence-electron chi connectivity index (χ4n) is 1.63. The average Bonchev–Trinajstić information content (AvgIpc) is 2.42. The van der Waals surface area contributed by atoms with Crippen molar-refractivity contribution in [1.29, 1.82) is 0 Å². The minimum absolute atomic E-state index is 0.139. The van der Waals surface area contributed by atoms with Crippen molar-refractivity contribution in [3.8, 4) is 11.6 Å². The van der Waals surface area contributed by atoms with Crippen molar-refractivity contribution in [1.82, 2.24) is 9.97 Å². The Bertz CT molecular complexity index is 616. The highest BCUT2D eigenvalue weighted by atomic mass is 19.1. The molecule has 1 aromatic carbocycles. The summed E-state index contributed by atoms with van der Waals surface area (Å²) < 4.78 is 18.9. The summed E-state index contributed by atoms with van der Waals surface area (Å²) in [6, 6.07) is 6.11. The number of ether oxygens (including phenoxy) is 1. The highest BCUT2D eigenvalue weighted by molar-refractivity contribution is 5.40. The zero-order chi connectivity index (χ0) is 14.7. The Morgan fingerprint density at radius 1 is 1.25 bits per heavy atom. The van der Waals surface area contributed by atoms with Gasteiger partial charge < -0.3 is 10.2 Å². The molecule has 0 spiro atoms. The number of nitrogens with zero attached hydrogens (tertiary/aromatic N) is 2. The molecule has 0 saturated heterocycles. The van der Waals surface area contributed by atoms with E-state index >= 15 is 0 Å². The van der Waals surface area contributed by atoms with Crippen molar-refractivity contribution in [2.24, 2.45) is 5.84 Å². The molecule has 0 bridgehead atoms. The van der Waals surface area contributed by atoms with Gasteiger partial charge in [-0.15, -0.1) is 0 Å². The second-order valence-corrected chi connectivity index (χ2v) is 4.76. The van der Waals surface area contributed by atoms with E-state index in [0.29, 0.717) is 28.8 Å². The van der Waals surface area contributed by atoms with Crippen molar-refractivity contribution in [3.63, 3.8) is 0 Å². The number of hydrogen-bond donors (Lipinski definition) is 2.